The molecule has 0 aliphatic rings. The monoisotopic (exact) mass is 304 g/mol. The van der Waals surface area contributed by atoms with Crippen molar-refractivity contribution in [2.75, 3.05) is 6.61 Å². The predicted octanol–water partition coefficient (Wildman–Crippen LogP) is 4.09. The summed E-state index contributed by atoms with van der Waals surface area (Å²) in [6.07, 6.45) is 2.03. The van der Waals surface area contributed by atoms with Gasteiger partial charge in [0, 0.05) is 16.2 Å². The van der Waals surface area contributed by atoms with Gasteiger partial charge in [0.2, 0.25) is 0 Å². The lowest BCUT2D eigenvalue weighted by Gasteiger charge is -2.23. The van der Waals surface area contributed by atoms with E-state index in [-0.39, 0.29) is 10.3 Å². The Labute approximate surface area is 120 Å². The van der Waals surface area contributed by atoms with Crippen molar-refractivity contribution in [2.24, 2.45) is 0 Å². The lowest BCUT2D eigenvalue weighted by Crippen LogP contribution is -2.14. The minimum Gasteiger partial charge on any atom is -0.493 e. The fraction of sp³-hybridized carbons (Fsp3) is 0.571. The normalized spacial score (nSPS) is 12.5. The van der Waals surface area contributed by atoms with E-state index in [4.69, 9.17) is 15.4 Å². The first-order valence-corrected chi connectivity index (χ1v) is 8.69. The molecule has 1 rings (SSSR count). The van der Waals surface area contributed by atoms with Crippen molar-refractivity contribution < 1.29 is 13.2 Å². The van der Waals surface area contributed by atoms with Crippen molar-refractivity contribution in [1.82, 2.24) is 0 Å². The molecule has 0 radical (unpaired) electrons. The van der Waals surface area contributed by atoms with Gasteiger partial charge in [0.05, 0.1) is 11.5 Å². The molecule has 108 valence electrons. The maximum atomic E-state index is 11.4. The molecule has 0 amide bonds. The van der Waals surface area contributed by atoms with Crippen molar-refractivity contribution >= 4 is 19.7 Å². The van der Waals surface area contributed by atoms with Gasteiger partial charge in [-0.15, -0.1) is 0 Å². The standard InChI is InChI=1S/C14H21ClO3S/c1-5-6-9-18-13-8-7-11(19(15,16)17)10-12(13)14(2,3)4/h7-8,10H,5-6,9H2,1-4H3. The molecule has 1 aromatic rings. The first kappa shape index (κ1) is 16.3. The second-order valence-corrected chi connectivity index (χ2v) is 8.11. The van der Waals surface area contributed by atoms with Gasteiger partial charge in [-0.3, -0.25) is 0 Å². The fourth-order valence-electron chi connectivity index (χ4n) is 1.70. The molecule has 3 nitrogen and oxygen atoms in total. The average molecular weight is 305 g/mol. The molecule has 0 N–H and O–H groups in total. The van der Waals surface area contributed by atoms with Crippen molar-refractivity contribution in [3.05, 3.63) is 23.8 Å². The van der Waals surface area contributed by atoms with Gasteiger partial charge in [-0.25, -0.2) is 8.42 Å². The number of halogens is 1. The SMILES string of the molecule is CCCCOc1ccc(S(=O)(=O)Cl)cc1C(C)(C)C. The van der Waals surface area contributed by atoms with Crippen molar-refractivity contribution in [1.29, 1.82) is 0 Å². The molecule has 0 bridgehead atoms. The van der Waals surface area contributed by atoms with Crippen LogP contribution in [0.25, 0.3) is 0 Å². The fourth-order valence-corrected chi connectivity index (χ4v) is 2.48. The number of hydrogen-bond acceptors (Lipinski definition) is 3. The van der Waals surface area contributed by atoms with Crippen molar-refractivity contribution in [3.8, 4) is 5.75 Å². The highest BCUT2D eigenvalue weighted by molar-refractivity contribution is 8.13. The zero-order valence-corrected chi connectivity index (χ0v) is 13.4. The van der Waals surface area contributed by atoms with Crippen molar-refractivity contribution in [2.45, 2.75) is 50.8 Å². The summed E-state index contributed by atoms with van der Waals surface area (Å²) in [6.45, 7) is 8.77. The molecule has 0 atom stereocenters. The average Bonchev–Trinajstić information content (AvgIpc) is 2.27. The van der Waals surface area contributed by atoms with E-state index in [0.717, 1.165) is 24.2 Å². The second-order valence-electron chi connectivity index (χ2n) is 5.55. The van der Waals surface area contributed by atoms with Crippen LogP contribution in [0, 0.1) is 0 Å². The van der Waals surface area contributed by atoms with Gasteiger partial charge in [0.1, 0.15) is 5.75 Å². The van der Waals surface area contributed by atoms with Gasteiger partial charge in [0.25, 0.3) is 9.05 Å². The summed E-state index contributed by atoms with van der Waals surface area (Å²) in [7, 11) is 1.68. The number of unbranched alkanes of at least 4 members (excludes halogenated alkanes) is 1. The van der Waals surface area contributed by atoms with E-state index >= 15 is 0 Å². The quantitative estimate of drug-likeness (QED) is 0.608. The second kappa shape index (κ2) is 6.14. The molecule has 0 aliphatic carbocycles. The molecule has 0 spiro atoms. The van der Waals surface area contributed by atoms with E-state index in [2.05, 4.69) is 6.92 Å². The highest BCUT2D eigenvalue weighted by atomic mass is 35.7. The largest absolute Gasteiger partial charge is 0.493 e. The van der Waals surface area contributed by atoms with Crippen LogP contribution in [0.1, 0.15) is 46.1 Å². The molecule has 5 heteroatoms. The predicted molar refractivity (Wildman–Crippen MR) is 78.6 cm³/mol. The van der Waals surface area contributed by atoms with Crippen LogP contribution in [-0.2, 0) is 14.5 Å². The van der Waals surface area contributed by atoms with Crippen LogP contribution >= 0.6 is 10.7 Å². The summed E-state index contributed by atoms with van der Waals surface area (Å²) in [6, 6.07) is 4.77. The summed E-state index contributed by atoms with van der Waals surface area (Å²) >= 11 is 0. The number of ether oxygens (including phenoxy) is 1. The Morgan fingerprint density at radius 1 is 1.26 bits per heavy atom. The third-order valence-electron chi connectivity index (χ3n) is 2.80. The third-order valence-corrected chi connectivity index (χ3v) is 4.15. The molecule has 0 saturated carbocycles. The van der Waals surface area contributed by atoms with Crippen LogP contribution in [-0.4, -0.2) is 15.0 Å². The topological polar surface area (TPSA) is 43.4 Å². The Balaban J connectivity index is 3.18. The van der Waals surface area contributed by atoms with Gasteiger partial charge < -0.3 is 4.74 Å². The zero-order chi connectivity index (χ0) is 14.7. The molecule has 0 aliphatic heterocycles. The van der Waals surface area contributed by atoms with Crippen LogP contribution < -0.4 is 4.74 Å². The van der Waals surface area contributed by atoms with Gasteiger partial charge in [-0.1, -0.05) is 34.1 Å². The summed E-state index contributed by atoms with van der Waals surface area (Å²) in [5, 5.41) is 0. The number of hydrogen-bond donors (Lipinski definition) is 0. The molecule has 0 heterocycles. The van der Waals surface area contributed by atoms with E-state index in [9.17, 15) is 8.42 Å². The van der Waals surface area contributed by atoms with Crippen LogP contribution in [0.4, 0.5) is 0 Å². The molecule has 0 unspecified atom stereocenters. The van der Waals surface area contributed by atoms with E-state index in [1.165, 1.54) is 6.07 Å². The Morgan fingerprint density at radius 2 is 1.89 bits per heavy atom. The van der Waals surface area contributed by atoms with E-state index < -0.39 is 9.05 Å². The van der Waals surface area contributed by atoms with Crippen LogP contribution in [0.5, 0.6) is 5.75 Å². The molecule has 0 fully saturated rings. The molecular formula is C14H21ClO3S. The molecule has 1 aromatic carbocycles. The smallest absolute Gasteiger partial charge is 0.261 e. The Bertz CT molecular complexity index is 530. The van der Waals surface area contributed by atoms with E-state index in [1.807, 2.05) is 20.8 Å². The minimum absolute atomic E-state index is 0.113. The van der Waals surface area contributed by atoms with Crippen LogP contribution in [0.15, 0.2) is 23.1 Å². The molecule has 0 saturated heterocycles. The van der Waals surface area contributed by atoms with E-state index in [0.29, 0.717) is 6.61 Å². The summed E-state index contributed by atoms with van der Waals surface area (Å²) < 4.78 is 28.6. The Morgan fingerprint density at radius 3 is 2.37 bits per heavy atom. The first-order chi connectivity index (χ1) is 8.66. The number of rotatable bonds is 5. The van der Waals surface area contributed by atoms with E-state index in [1.54, 1.807) is 12.1 Å². The third kappa shape index (κ3) is 4.69. The highest BCUT2D eigenvalue weighted by Crippen LogP contribution is 2.34. The zero-order valence-electron chi connectivity index (χ0n) is 11.9. The molecular weight excluding hydrogens is 284 g/mol. The van der Waals surface area contributed by atoms with Gasteiger partial charge in [0.15, 0.2) is 0 Å². The highest BCUT2D eigenvalue weighted by Gasteiger charge is 2.22. The lowest BCUT2D eigenvalue weighted by atomic mass is 9.86. The first-order valence-electron chi connectivity index (χ1n) is 6.38. The maximum absolute atomic E-state index is 11.4. The number of benzene rings is 1. The lowest BCUT2D eigenvalue weighted by molar-refractivity contribution is 0.301. The molecule has 0 aromatic heterocycles. The summed E-state index contributed by atoms with van der Waals surface area (Å²) in [4.78, 5) is 0.113. The Hall–Kier alpha value is -0.740. The summed E-state index contributed by atoms with van der Waals surface area (Å²) in [5.74, 6) is 0.727. The maximum Gasteiger partial charge on any atom is 0.261 e. The minimum atomic E-state index is -3.71. The van der Waals surface area contributed by atoms with Crippen LogP contribution in [0.3, 0.4) is 0 Å². The van der Waals surface area contributed by atoms with Gasteiger partial charge in [-0.05, 0) is 30.0 Å². The van der Waals surface area contributed by atoms with Crippen molar-refractivity contribution in [3.63, 3.8) is 0 Å². The molecule has 19 heavy (non-hydrogen) atoms. The van der Waals surface area contributed by atoms with Gasteiger partial charge in [-0.2, -0.15) is 0 Å². The summed E-state index contributed by atoms with van der Waals surface area (Å²) in [5.41, 5.74) is 0.643. The van der Waals surface area contributed by atoms with Gasteiger partial charge >= 0.3 is 0 Å². The Kier molecular flexibility index (Phi) is 5.27. The van der Waals surface area contributed by atoms with Crippen LogP contribution in [0.2, 0.25) is 0 Å².